The lowest BCUT2D eigenvalue weighted by atomic mass is 9.91. The normalized spacial score (nSPS) is 19.7. The number of hydrogen-bond acceptors (Lipinski definition) is 2. The lowest BCUT2D eigenvalue weighted by molar-refractivity contribution is -0.135. The fourth-order valence-corrected chi connectivity index (χ4v) is 2.01. The van der Waals surface area contributed by atoms with Crippen molar-refractivity contribution in [1.29, 1.82) is 0 Å². The summed E-state index contributed by atoms with van der Waals surface area (Å²) in [6.45, 7) is 0. The predicted octanol–water partition coefficient (Wildman–Crippen LogP) is 3.67. The molecule has 1 saturated carbocycles. The Labute approximate surface area is 98.7 Å². The summed E-state index contributed by atoms with van der Waals surface area (Å²) in [6.07, 6.45) is 0.506. The molecule has 0 N–H and O–H groups in total. The number of rotatable bonds is 2. The quantitative estimate of drug-likeness (QED) is 0.831. The summed E-state index contributed by atoms with van der Waals surface area (Å²) in [5.74, 6) is -2.38. The zero-order chi connectivity index (χ0) is 11.1. The van der Waals surface area contributed by atoms with Gasteiger partial charge in [0.15, 0.2) is 0 Å². The molecule has 6 heteroatoms. The molecule has 15 heavy (non-hydrogen) atoms. The predicted molar refractivity (Wildman–Crippen MR) is 55.5 cm³/mol. The first kappa shape index (κ1) is 11.1. The molecule has 1 aromatic rings. The fourth-order valence-electron chi connectivity index (χ4n) is 1.34. The Hall–Kier alpha value is -0.420. The Morgan fingerprint density at radius 3 is 2.73 bits per heavy atom. The van der Waals surface area contributed by atoms with E-state index < -0.39 is 12.0 Å². The first-order valence-electron chi connectivity index (χ1n) is 4.32. The van der Waals surface area contributed by atoms with Crippen LogP contribution in [0.15, 0.2) is 16.7 Å². The lowest BCUT2D eigenvalue weighted by Gasteiger charge is -2.34. The maximum atomic E-state index is 12.5. The van der Waals surface area contributed by atoms with E-state index in [1.165, 1.54) is 6.20 Å². The number of halogens is 4. The standard InChI is InChI=1S/C9H7BrClF2NO/c10-5-1-7(11)8(14-4-5)15-6-2-9(12,13)3-6/h1,4,6H,2-3H2. The number of pyridine rings is 1. The number of nitrogens with zero attached hydrogens (tertiary/aromatic N) is 1. The molecule has 82 valence electrons. The molecule has 1 aliphatic carbocycles. The van der Waals surface area contributed by atoms with Crippen molar-refractivity contribution in [2.75, 3.05) is 0 Å². The van der Waals surface area contributed by atoms with E-state index in [1.807, 2.05) is 0 Å². The van der Waals surface area contributed by atoms with Crippen molar-refractivity contribution >= 4 is 27.5 Å². The molecule has 0 unspecified atom stereocenters. The van der Waals surface area contributed by atoms with E-state index in [1.54, 1.807) is 6.07 Å². The molecule has 1 heterocycles. The van der Waals surface area contributed by atoms with Gasteiger partial charge in [0.25, 0.3) is 5.92 Å². The minimum atomic E-state index is -2.59. The monoisotopic (exact) mass is 297 g/mol. The van der Waals surface area contributed by atoms with Crippen LogP contribution in [0.2, 0.25) is 5.02 Å². The van der Waals surface area contributed by atoms with Gasteiger partial charge in [-0.3, -0.25) is 0 Å². The van der Waals surface area contributed by atoms with Crippen molar-refractivity contribution in [3.63, 3.8) is 0 Å². The summed E-state index contributed by atoms with van der Waals surface area (Å²) in [5.41, 5.74) is 0. The Bertz CT molecular complexity index is 380. The maximum Gasteiger partial charge on any atom is 0.255 e. The smallest absolute Gasteiger partial charge is 0.255 e. The van der Waals surface area contributed by atoms with E-state index in [9.17, 15) is 8.78 Å². The van der Waals surface area contributed by atoms with Crippen LogP contribution in [0.3, 0.4) is 0 Å². The zero-order valence-electron chi connectivity index (χ0n) is 7.51. The van der Waals surface area contributed by atoms with E-state index in [-0.39, 0.29) is 18.7 Å². The second-order valence-electron chi connectivity index (χ2n) is 3.44. The lowest BCUT2D eigenvalue weighted by Crippen LogP contribution is -2.43. The van der Waals surface area contributed by atoms with Gasteiger partial charge in [0.1, 0.15) is 11.1 Å². The molecule has 1 aliphatic rings. The molecule has 0 radical (unpaired) electrons. The molecule has 0 aromatic carbocycles. The highest BCUT2D eigenvalue weighted by atomic mass is 79.9. The second-order valence-corrected chi connectivity index (χ2v) is 4.77. The molecule has 0 atom stereocenters. The van der Waals surface area contributed by atoms with Crippen molar-refractivity contribution in [1.82, 2.24) is 4.98 Å². The van der Waals surface area contributed by atoms with Crippen LogP contribution in [0.5, 0.6) is 5.88 Å². The van der Waals surface area contributed by atoms with Crippen LogP contribution in [0.4, 0.5) is 8.78 Å². The summed E-state index contributed by atoms with van der Waals surface area (Å²) in [5, 5.41) is 0.319. The number of alkyl halides is 2. The molecule has 0 amide bonds. The van der Waals surface area contributed by atoms with Gasteiger partial charge in [-0.2, -0.15) is 0 Å². The highest BCUT2D eigenvalue weighted by molar-refractivity contribution is 9.10. The minimum absolute atomic E-state index is 0.209. The molecular formula is C9H7BrClF2NO. The van der Waals surface area contributed by atoms with Gasteiger partial charge in [-0.25, -0.2) is 13.8 Å². The number of aromatic nitrogens is 1. The highest BCUT2D eigenvalue weighted by Gasteiger charge is 2.47. The van der Waals surface area contributed by atoms with Crippen molar-refractivity contribution in [3.8, 4) is 5.88 Å². The average molecular weight is 299 g/mol. The third kappa shape index (κ3) is 2.58. The van der Waals surface area contributed by atoms with E-state index >= 15 is 0 Å². The van der Waals surface area contributed by atoms with Gasteiger partial charge in [-0.15, -0.1) is 0 Å². The average Bonchev–Trinajstić information content (AvgIpc) is 2.06. The van der Waals surface area contributed by atoms with Crippen molar-refractivity contribution in [3.05, 3.63) is 21.8 Å². The molecule has 0 bridgehead atoms. The van der Waals surface area contributed by atoms with E-state index in [0.717, 1.165) is 4.47 Å². The van der Waals surface area contributed by atoms with Crippen LogP contribution in [0.1, 0.15) is 12.8 Å². The summed E-state index contributed by atoms with van der Waals surface area (Å²) in [4.78, 5) is 3.90. The van der Waals surface area contributed by atoms with E-state index in [0.29, 0.717) is 5.02 Å². The second kappa shape index (κ2) is 3.87. The summed E-state index contributed by atoms with van der Waals surface area (Å²) < 4.78 is 31.0. The Balaban J connectivity index is 2.00. The van der Waals surface area contributed by atoms with Crippen molar-refractivity contribution < 1.29 is 13.5 Å². The van der Waals surface area contributed by atoms with Crippen LogP contribution in [0, 0.1) is 0 Å². The van der Waals surface area contributed by atoms with Crippen LogP contribution >= 0.6 is 27.5 Å². The SMILES string of the molecule is FC1(F)CC(Oc2ncc(Br)cc2Cl)C1. The van der Waals surface area contributed by atoms with Gasteiger partial charge in [-0.1, -0.05) is 11.6 Å². The molecule has 1 fully saturated rings. The van der Waals surface area contributed by atoms with E-state index in [4.69, 9.17) is 16.3 Å². The summed E-state index contributed by atoms with van der Waals surface area (Å²) in [7, 11) is 0. The van der Waals surface area contributed by atoms with Gasteiger partial charge in [0.05, 0.1) is 0 Å². The first-order valence-corrected chi connectivity index (χ1v) is 5.49. The zero-order valence-corrected chi connectivity index (χ0v) is 9.86. The number of ether oxygens (including phenoxy) is 1. The third-order valence-electron chi connectivity index (χ3n) is 2.10. The van der Waals surface area contributed by atoms with Gasteiger partial charge >= 0.3 is 0 Å². The largest absolute Gasteiger partial charge is 0.473 e. The molecule has 0 saturated heterocycles. The van der Waals surface area contributed by atoms with Crippen LogP contribution in [-0.2, 0) is 0 Å². The van der Waals surface area contributed by atoms with Gasteiger partial charge < -0.3 is 4.74 Å². The maximum absolute atomic E-state index is 12.5. The minimum Gasteiger partial charge on any atom is -0.473 e. The fraction of sp³-hybridized carbons (Fsp3) is 0.444. The first-order chi connectivity index (χ1) is 6.96. The highest BCUT2D eigenvalue weighted by Crippen LogP contribution is 2.40. The van der Waals surface area contributed by atoms with Gasteiger partial charge in [-0.05, 0) is 22.0 Å². The molecule has 2 rings (SSSR count). The summed E-state index contributed by atoms with van der Waals surface area (Å²) in [6, 6.07) is 1.61. The number of hydrogen-bond donors (Lipinski definition) is 0. The van der Waals surface area contributed by atoms with E-state index in [2.05, 4.69) is 20.9 Å². The molecule has 0 aliphatic heterocycles. The van der Waals surface area contributed by atoms with Crippen molar-refractivity contribution in [2.24, 2.45) is 0 Å². The van der Waals surface area contributed by atoms with Crippen molar-refractivity contribution in [2.45, 2.75) is 24.9 Å². The van der Waals surface area contributed by atoms with Gasteiger partial charge in [0, 0.05) is 23.5 Å². The topological polar surface area (TPSA) is 22.1 Å². The molecule has 0 spiro atoms. The van der Waals surface area contributed by atoms with Crippen LogP contribution in [-0.4, -0.2) is 17.0 Å². The Morgan fingerprint density at radius 2 is 2.20 bits per heavy atom. The Kier molecular flexibility index (Phi) is 2.85. The molecule has 2 nitrogen and oxygen atoms in total. The van der Waals surface area contributed by atoms with Crippen LogP contribution < -0.4 is 4.74 Å². The molecule has 1 aromatic heterocycles. The van der Waals surface area contributed by atoms with Crippen LogP contribution in [0.25, 0.3) is 0 Å². The molecular weight excluding hydrogens is 291 g/mol. The Morgan fingerprint density at radius 1 is 1.53 bits per heavy atom. The summed E-state index contributed by atoms with van der Waals surface area (Å²) >= 11 is 9.01. The third-order valence-corrected chi connectivity index (χ3v) is 2.81. The van der Waals surface area contributed by atoms with Gasteiger partial charge in [0.2, 0.25) is 5.88 Å².